The summed E-state index contributed by atoms with van der Waals surface area (Å²) in [7, 11) is 0. The average molecular weight is 385 g/mol. The van der Waals surface area contributed by atoms with Gasteiger partial charge in [-0.3, -0.25) is 4.79 Å². The third kappa shape index (κ3) is 2.20. The molecule has 2 aromatic heterocycles. The van der Waals surface area contributed by atoms with Gasteiger partial charge in [-0.2, -0.15) is 0 Å². The summed E-state index contributed by atoms with van der Waals surface area (Å²) in [6.07, 6.45) is 0. The van der Waals surface area contributed by atoms with Crippen molar-refractivity contribution in [3.8, 4) is 5.69 Å². The highest BCUT2D eigenvalue weighted by molar-refractivity contribution is 9.10. The van der Waals surface area contributed by atoms with Crippen molar-refractivity contribution in [3.05, 3.63) is 54.1 Å². The lowest BCUT2D eigenvalue weighted by Gasteiger charge is -2.10. The van der Waals surface area contributed by atoms with Gasteiger partial charge in [-0.25, -0.2) is 8.96 Å². The highest BCUT2D eigenvalue weighted by atomic mass is 79.9. The number of hydrogen-bond donors (Lipinski definition) is 1. The van der Waals surface area contributed by atoms with Crippen LogP contribution in [0.25, 0.3) is 15.9 Å². The quantitative estimate of drug-likeness (QED) is 0.621. The number of aromatic amines is 1. The van der Waals surface area contributed by atoms with Gasteiger partial charge in [0.15, 0.2) is 4.77 Å². The minimum absolute atomic E-state index is 0.133. The summed E-state index contributed by atoms with van der Waals surface area (Å²) in [5.74, 6) is -0.505. The number of benzene rings is 1. The van der Waals surface area contributed by atoms with Crippen LogP contribution in [0.5, 0.6) is 0 Å². The molecule has 0 unspecified atom stereocenters. The molecule has 0 saturated carbocycles. The van der Waals surface area contributed by atoms with Crippen molar-refractivity contribution < 1.29 is 4.39 Å². The zero-order valence-corrected chi connectivity index (χ0v) is 14.4. The second-order valence-electron chi connectivity index (χ2n) is 4.63. The molecule has 21 heavy (non-hydrogen) atoms. The Morgan fingerprint density at radius 3 is 2.76 bits per heavy atom. The molecule has 0 aliphatic carbocycles. The Hall–Kier alpha value is -1.31. The third-order valence-corrected chi connectivity index (χ3v) is 5.43. The Kier molecular flexibility index (Phi) is 3.59. The van der Waals surface area contributed by atoms with E-state index in [1.54, 1.807) is 12.1 Å². The minimum Gasteiger partial charge on any atom is -0.323 e. The fraction of sp³-hybridized carbons (Fsp3) is 0.143. The Labute approximate surface area is 137 Å². The second kappa shape index (κ2) is 5.15. The molecule has 0 aliphatic rings. The smallest absolute Gasteiger partial charge is 0.268 e. The van der Waals surface area contributed by atoms with Crippen LogP contribution in [0.2, 0.25) is 0 Å². The molecule has 3 nitrogen and oxygen atoms in total. The number of fused-ring (bicyclic) bond motifs is 1. The first kappa shape index (κ1) is 14.6. The second-order valence-corrected chi connectivity index (χ2v) is 7.09. The molecule has 2 heterocycles. The molecule has 0 fully saturated rings. The van der Waals surface area contributed by atoms with Crippen molar-refractivity contribution in [2.75, 3.05) is 0 Å². The van der Waals surface area contributed by atoms with Gasteiger partial charge in [0.2, 0.25) is 0 Å². The van der Waals surface area contributed by atoms with E-state index in [2.05, 4.69) is 20.9 Å². The Balaban J connectivity index is 2.53. The summed E-state index contributed by atoms with van der Waals surface area (Å²) in [6, 6.07) is 4.55. The molecule has 108 valence electrons. The molecule has 0 atom stereocenters. The van der Waals surface area contributed by atoms with Crippen molar-refractivity contribution >= 4 is 49.7 Å². The molecule has 0 saturated heterocycles. The number of nitrogens with zero attached hydrogens (tertiary/aromatic N) is 1. The molecule has 0 amide bonds. The van der Waals surface area contributed by atoms with Gasteiger partial charge < -0.3 is 4.98 Å². The van der Waals surface area contributed by atoms with Crippen LogP contribution in [0.1, 0.15) is 10.4 Å². The summed E-state index contributed by atoms with van der Waals surface area (Å²) in [6.45, 7) is 3.83. The van der Waals surface area contributed by atoms with Crippen LogP contribution >= 0.6 is 39.5 Å². The van der Waals surface area contributed by atoms with Crippen molar-refractivity contribution in [3.63, 3.8) is 0 Å². The molecule has 3 aromatic rings. The van der Waals surface area contributed by atoms with E-state index in [0.717, 1.165) is 15.3 Å². The van der Waals surface area contributed by atoms with Crippen molar-refractivity contribution in [2.24, 2.45) is 0 Å². The van der Waals surface area contributed by atoms with Crippen LogP contribution in [-0.2, 0) is 0 Å². The van der Waals surface area contributed by atoms with E-state index < -0.39 is 5.82 Å². The van der Waals surface area contributed by atoms with E-state index in [4.69, 9.17) is 12.2 Å². The maximum atomic E-state index is 14.2. The SMILES string of the molecule is Cc1sc2[nH]c(=S)n(-c3c(F)cccc3Br)c(=O)c2c1C. The maximum absolute atomic E-state index is 14.2. The summed E-state index contributed by atoms with van der Waals surface area (Å²) >= 11 is 10.0. The van der Waals surface area contributed by atoms with E-state index in [1.807, 2.05) is 13.8 Å². The van der Waals surface area contributed by atoms with Gasteiger partial charge in [-0.1, -0.05) is 6.07 Å². The van der Waals surface area contributed by atoms with Gasteiger partial charge in [0, 0.05) is 9.35 Å². The molecule has 1 aromatic carbocycles. The standard InChI is InChI=1S/C14H10BrFN2OS2/c1-6-7(2)21-12-10(6)13(19)18(14(20)17-12)11-8(15)4-3-5-9(11)16/h3-5H,1-2H3,(H,17,20). The molecule has 1 N–H and O–H groups in total. The Bertz CT molecular complexity index is 967. The lowest BCUT2D eigenvalue weighted by Crippen LogP contribution is -2.21. The zero-order chi connectivity index (χ0) is 15.3. The third-order valence-electron chi connectivity index (χ3n) is 3.39. The number of nitrogens with one attached hydrogen (secondary N) is 1. The van der Waals surface area contributed by atoms with Gasteiger partial charge in [-0.15, -0.1) is 11.3 Å². The monoisotopic (exact) mass is 384 g/mol. The molecule has 7 heteroatoms. The van der Waals surface area contributed by atoms with Crippen LogP contribution in [0.4, 0.5) is 4.39 Å². The van der Waals surface area contributed by atoms with Crippen LogP contribution < -0.4 is 5.56 Å². The first-order valence-corrected chi connectivity index (χ1v) is 8.13. The Morgan fingerprint density at radius 1 is 1.38 bits per heavy atom. The van der Waals surface area contributed by atoms with Crippen LogP contribution in [-0.4, -0.2) is 9.55 Å². The number of aromatic nitrogens is 2. The van der Waals surface area contributed by atoms with Crippen molar-refractivity contribution in [2.45, 2.75) is 13.8 Å². The predicted molar refractivity (Wildman–Crippen MR) is 89.7 cm³/mol. The lowest BCUT2D eigenvalue weighted by molar-refractivity contribution is 0.613. The van der Waals surface area contributed by atoms with E-state index in [0.29, 0.717) is 9.86 Å². The summed E-state index contributed by atoms with van der Waals surface area (Å²) in [4.78, 5) is 17.6. The molecular weight excluding hydrogens is 375 g/mol. The van der Waals surface area contributed by atoms with Gasteiger partial charge in [0.05, 0.1) is 5.39 Å². The van der Waals surface area contributed by atoms with Crippen LogP contribution in [0.3, 0.4) is 0 Å². The molecule has 0 aliphatic heterocycles. The van der Waals surface area contributed by atoms with Gasteiger partial charge in [0.1, 0.15) is 16.3 Å². The van der Waals surface area contributed by atoms with Crippen LogP contribution in [0, 0.1) is 24.4 Å². The van der Waals surface area contributed by atoms with Crippen LogP contribution in [0.15, 0.2) is 27.5 Å². The number of aryl methyl sites for hydroxylation is 2. The summed E-state index contributed by atoms with van der Waals surface area (Å²) in [5, 5.41) is 0.557. The van der Waals surface area contributed by atoms with Gasteiger partial charge in [-0.05, 0) is 59.7 Å². The lowest BCUT2D eigenvalue weighted by atomic mass is 10.2. The van der Waals surface area contributed by atoms with Crippen molar-refractivity contribution in [1.82, 2.24) is 9.55 Å². The minimum atomic E-state index is -0.505. The van der Waals surface area contributed by atoms with E-state index >= 15 is 0 Å². The highest BCUT2D eigenvalue weighted by Gasteiger charge is 2.17. The zero-order valence-electron chi connectivity index (χ0n) is 11.2. The number of halogens is 2. The van der Waals surface area contributed by atoms with E-state index in [-0.39, 0.29) is 16.0 Å². The Morgan fingerprint density at radius 2 is 2.10 bits per heavy atom. The first-order valence-electron chi connectivity index (χ1n) is 6.11. The predicted octanol–water partition coefficient (Wildman–Crippen LogP) is 4.63. The van der Waals surface area contributed by atoms with Gasteiger partial charge >= 0.3 is 0 Å². The fourth-order valence-electron chi connectivity index (χ4n) is 2.24. The average Bonchev–Trinajstić information content (AvgIpc) is 2.68. The summed E-state index contributed by atoms with van der Waals surface area (Å²) in [5.41, 5.74) is 0.725. The molecule has 0 bridgehead atoms. The number of para-hydroxylation sites is 1. The molecule has 0 spiro atoms. The first-order chi connectivity index (χ1) is 9.91. The maximum Gasteiger partial charge on any atom is 0.268 e. The van der Waals surface area contributed by atoms with E-state index in [1.165, 1.54) is 22.0 Å². The highest BCUT2D eigenvalue weighted by Crippen LogP contribution is 2.28. The normalized spacial score (nSPS) is 11.2. The molecule has 3 rings (SSSR count). The fourth-order valence-corrected chi connectivity index (χ4v) is 4.15. The summed E-state index contributed by atoms with van der Waals surface area (Å²) < 4.78 is 16.0. The largest absolute Gasteiger partial charge is 0.323 e. The van der Waals surface area contributed by atoms with Crippen molar-refractivity contribution in [1.29, 1.82) is 0 Å². The molecular formula is C14H10BrFN2OS2. The molecule has 0 radical (unpaired) electrons. The van der Waals surface area contributed by atoms with E-state index in [9.17, 15) is 9.18 Å². The number of rotatable bonds is 1. The number of thiophene rings is 1. The number of hydrogen-bond acceptors (Lipinski definition) is 3. The van der Waals surface area contributed by atoms with Gasteiger partial charge in [0.25, 0.3) is 5.56 Å². The topological polar surface area (TPSA) is 37.8 Å². The number of H-pyrrole nitrogens is 1.